The van der Waals surface area contributed by atoms with Gasteiger partial charge in [-0.15, -0.1) is 0 Å². The molecule has 7 heteroatoms. The molecular formula is C11H13ClO5S. The number of carboxylic acids is 1. The van der Waals surface area contributed by atoms with Crippen LogP contribution >= 0.6 is 11.6 Å². The SMILES string of the molecule is CS(=O)(=O)CCCOc1ccc(Cl)c(C(=O)O)c1. The number of hydrogen-bond acceptors (Lipinski definition) is 4. The molecule has 1 aromatic rings. The van der Waals surface area contributed by atoms with Crippen LogP contribution in [-0.2, 0) is 9.84 Å². The molecule has 0 aliphatic heterocycles. The Bertz CT molecular complexity index is 538. The van der Waals surface area contributed by atoms with Crippen LogP contribution in [0.1, 0.15) is 16.8 Å². The molecule has 0 saturated heterocycles. The van der Waals surface area contributed by atoms with Gasteiger partial charge in [0.05, 0.1) is 22.9 Å². The summed E-state index contributed by atoms with van der Waals surface area (Å²) in [5.41, 5.74) is -0.0442. The number of rotatable bonds is 6. The highest BCUT2D eigenvalue weighted by molar-refractivity contribution is 7.90. The topological polar surface area (TPSA) is 80.7 Å². The summed E-state index contributed by atoms with van der Waals surface area (Å²) in [6.07, 6.45) is 1.50. The van der Waals surface area contributed by atoms with Gasteiger partial charge in [-0.25, -0.2) is 13.2 Å². The third kappa shape index (κ3) is 4.93. The first-order valence-corrected chi connectivity index (χ1v) is 7.57. The van der Waals surface area contributed by atoms with Gasteiger partial charge in [-0.1, -0.05) is 11.6 Å². The molecule has 0 amide bonds. The van der Waals surface area contributed by atoms with Crippen molar-refractivity contribution in [3.8, 4) is 5.75 Å². The van der Waals surface area contributed by atoms with Crippen molar-refractivity contribution in [2.24, 2.45) is 0 Å². The fourth-order valence-corrected chi connectivity index (χ4v) is 2.11. The quantitative estimate of drug-likeness (QED) is 0.809. The second kappa shape index (κ2) is 6.06. The first-order chi connectivity index (χ1) is 8.29. The molecule has 0 atom stereocenters. The molecule has 1 rings (SSSR count). The van der Waals surface area contributed by atoms with E-state index in [1.54, 1.807) is 0 Å². The summed E-state index contributed by atoms with van der Waals surface area (Å²) in [5.74, 6) is -0.751. The van der Waals surface area contributed by atoms with Crippen molar-refractivity contribution in [3.05, 3.63) is 28.8 Å². The molecule has 18 heavy (non-hydrogen) atoms. The number of carboxylic acid groups (broad SMARTS) is 1. The zero-order valence-corrected chi connectivity index (χ0v) is 11.3. The van der Waals surface area contributed by atoms with Crippen LogP contribution < -0.4 is 4.74 Å². The van der Waals surface area contributed by atoms with E-state index in [2.05, 4.69) is 0 Å². The van der Waals surface area contributed by atoms with E-state index in [4.69, 9.17) is 21.4 Å². The van der Waals surface area contributed by atoms with Crippen LogP contribution in [0.4, 0.5) is 0 Å². The van der Waals surface area contributed by atoms with Crippen molar-refractivity contribution in [2.75, 3.05) is 18.6 Å². The van der Waals surface area contributed by atoms with E-state index in [1.165, 1.54) is 18.2 Å². The Kier molecular flexibility index (Phi) is 4.98. The smallest absolute Gasteiger partial charge is 0.337 e. The largest absolute Gasteiger partial charge is 0.494 e. The van der Waals surface area contributed by atoms with Gasteiger partial charge in [-0.05, 0) is 24.6 Å². The second-order valence-electron chi connectivity index (χ2n) is 3.78. The molecule has 1 aromatic carbocycles. The van der Waals surface area contributed by atoms with Gasteiger partial charge >= 0.3 is 5.97 Å². The highest BCUT2D eigenvalue weighted by Crippen LogP contribution is 2.22. The van der Waals surface area contributed by atoms with Gasteiger partial charge in [0.2, 0.25) is 0 Å². The Morgan fingerprint density at radius 2 is 2.11 bits per heavy atom. The molecule has 1 N–H and O–H groups in total. The highest BCUT2D eigenvalue weighted by atomic mass is 35.5. The van der Waals surface area contributed by atoms with Gasteiger partial charge < -0.3 is 9.84 Å². The van der Waals surface area contributed by atoms with Crippen LogP contribution in [0.15, 0.2) is 18.2 Å². The Morgan fingerprint density at radius 1 is 1.44 bits per heavy atom. The number of halogens is 1. The van der Waals surface area contributed by atoms with E-state index >= 15 is 0 Å². The second-order valence-corrected chi connectivity index (χ2v) is 6.45. The molecule has 0 saturated carbocycles. The summed E-state index contributed by atoms with van der Waals surface area (Å²) >= 11 is 5.70. The molecule has 0 radical (unpaired) electrons. The van der Waals surface area contributed by atoms with Gasteiger partial charge in [-0.2, -0.15) is 0 Å². The van der Waals surface area contributed by atoms with Gasteiger partial charge in [0.1, 0.15) is 15.6 Å². The average molecular weight is 293 g/mol. The average Bonchev–Trinajstić information content (AvgIpc) is 2.24. The molecule has 0 unspecified atom stereocenters. The molecule has 0 aliphatic carbocycles. The van der Waals surface area contributed by atoms with E-state index in [-0.39, 0.29) is 22.9 Å². The van der Waals surface area contributed by atoms with Crippen molar-refractivity contribution >= 4 is 27.4 Å². The molecule has 0 aliphatic rings. The lowest BCUT2D eigenvalue weighted by Gasteiger charge is -2.07. The fraction of sp³-hybridized carbons (Fsp3) is 0.364. The number of aromatic carboxylic acids is 1. The van der Waals surface area contributed by atoms with E-state index < -0.39 is 15.8 Å². The lowest BCUT2D eigenvalue weighted by atomic mass is 10.2. The number of carbonyl (C=O) groups is 1. The van der Waals surface area contributed by atoms with Gasteiger partial charge in [0, 0.05) is 6.26 Å². The zero-order chi connectivity index (χ0) is 13.8. The minimum absolute atomic E-state index is 0.0341. The van der Waals surface area contributed by atoms with E-state index in [9.17, 15) is 13.2 Å². The van der Waals surface area contributed by atoms with Crippen molar-refractivity contribution in [1.82, 2.24) is 0 Å². The van der Waals surface area contributed by atoms with E-state index in [0.717, 1.165) is 6.26 Å². The van der Waals surface area contributed by atoms with Gasteiger partial charge in [-0.3, -0.25) is 0 Å². The molecule has 0 spiro atoms. The van der Waals surface area contributed by atoms with Crippen LogP contribution in [0.25, 0.3) is 0 Å². The first-order valence-electron chi connectivity index (χ1n) is 5.13. The van der Waals surface area contributed by atoms with Crippen molar-refractivity contribution in [3.63, 3.8) is 0 Å². The number of ether oxygens (including phenoxy) is 1. The van der Waals surface area contributed by atoms with Crippen LogP contribution in [0.2, 0.25) is 5.02 Å². The summed E-state index contributed by atoms with van der Waals surface area (Å²) in [7, 11) is -3.00. The first kappa shape index (κ1) is 14.8. The third-order valence-electron chi connectivity index (χ3n) is 2.10. The maximum atomic E-state index is 10.9. The minimum Gasteiger partial charge on any atom is -0.494 e. The maximum Gasteiger partial charge on any atom is 0.337 e. The summed E-state index contributed by atoms with van der Waals surface area (Å²) < 4.78 is 27.0. The van der Waals surface area contributed by atoms with Crippen LogP contribution in [0.3, 0.4) is 0 Å². The van der Waals surface area contributed by atoms with E-state index in [1.807, 2.05) is 0 Å². The minimum atomic E-state index is -3.00. The Balaban J connectivity index is 2.58. The number of hydrogen-bond donors (Lipinski definition) is 1. The summed E-state index contributed by atoms with van der Waals surface area (Å²) in [5, 5.41) is 8.98. The van der Waals surface area contributed by atoms with Crippen LogP contribution in [0.5, 0.6) is 5.75 Å². The molecule has 100 valence electrons. The highest BCUT2D eigenvalue weighted by Gasteiger charge is 2.10. The predicted octanol–water partition coefficient (Wildman–Crippen LogP) is 1.85. The van der Waals surface area contributed by atoms with Crippen molar-refractivity contribution in [1.29, 1.82) is 0 Å². The Morgan fingerprint density at radius 3 is 2.67 bits per heavy atom. The molecule has 5 nitrogen and oxygen atoms in total. The molecular weight excluding hydrogens is 280 g/mol. The van der Waals surface area contributed by atoms with Crippen LogP contribution in [0, 0.1) is 0 Å². The number of benzene rings is 1. The van der Waals surface area contributed by atoms with E-state index in [0.29, 0.717) is 12.2 Å². The Hall–Kier alpha value is -1.27. The number of sulfone groups is 1. The summed E-state index contributed by atoms with van der Waals surface area (Å²) in [6, 6.07) is 4.28. The monoisotopic (exact) mass is 292 g/mol. The molecule has 0 aromatic heterocycles. The Labute approximate surface area is 110 Å². The standard InChI is InChI=1S/C11H13ClO5S/c1-18(15,16)6-2-5-17-8-3-4-10(12)9(7-8)11(13)14/h3-4,7H,2,5-6H2,1H3,(H,13,14). The predicted molar refractivity (Wildman–Crippen MR) is 68.2 cm³/mol. The van der Waals surface area contributed by atoms with Gasteiger partial charge in [0.25, 0.3) is 0 Å². The van der Waals surface area contributed by atoms with Gasteiger partial charge in [0.15, 0.2) is 0 Å². The van der Waals surface area contributed by atoms with Crippen LogP contribution in [-0.4, -0.2) is 38.1 Å². The molecule has 0 bridgehead atoms. The molecule has 0 fully saturated rings. The summed E-state index contributed by atoms with van der Waals surface area (Å²) in [6.45, 7) is 0.202. The normalized spacial score (nSPS) is 11.2. The third-order valence-corrected chi connectivity index (χ3v) is 3.46. The summed E-state index contributed by atoms with van der Waals surface area (Å²) in [4.78, 5) is 10.8. The fourth-order valence-electron chi connectivity index (χ4n) is 1.27. The lowest BCUT2D eigenvalue weighted by molar-refractivity contribution is 0.0696. The zero-order valence-electron chi connectivity index (χ0n) is 9.72. The lowest BCUT2D eigenvalue weighted by Crippen LogP contribution is -2.08. The maximum absolute atomic E-state index is 10.9. The van der Waals surface area contributed by atoms with Crippen molar-refractivity contribution < 1.29 is 23.1 Å². The molecule has 0 heterocycles. The van der Waals surface area contributed by atoms with Crippen molar-refractivity contribution in [2.45, 2.75) is 6.42 Å².